The molecule has 2 aliphatic rings. The van der Waals surface area contributed by atoms with E-state index < -0.39 is 22.1 Å². The predicted octanol–water partition coefficient (Wildman–Crippen LogP) is 1.52. The lowest BCUT2D eigenvalue weighted by Crippen LogP contribution is -2.54. The predicted molar refractivity (Wildman–Crippen MR) is 142 cm³/mol. The molecule has 2 heterocycles. The number of nitrogens with zero attached hydrogens (tertiary/aromatic N) is 3. The average Bonchev–Trinajstić information content (AvgIpc) is 3.32. The van der Waals surface area contributed by atoms with Crippen LogP contribution in [0.25, 0.3) is 0 Å². The van der Waals surface area contributed by atoms with Crippen LogP contribution in [0.1, 0.15) is 46.0 Å². The molecule has 1 unspecified atom stereocenters. The minimum atomic E-state index is -3.87. The summed E-state index contributed by atoms with van der Waals surface area (Å²) in [5.74, 6) is 5.09. The molecular formula is C24H39ClN6O4S. The highest BCUT2D eigenvalue weighted by Gasteiger charge is 2.39. The number of sulfonamides is 1. The summed E-state index contributed by atoms with van der Waals surface area (Å²) in [6, 6.07) is 6.49. The molecule has 2 aliphatic heterocycles. The number of halogens is 1. The zero-order valence-corrected chi connectivity index (χ0v) is 22.6. The number of rotatable bonds is 10. The van der Waals surface area contributed by atoms with Crippen LogP contribution in [0.5, 0.6) is 0 Å². The summed E-state index contributed by atoms with van der Waals surface area (Å²) in [6.45, 7) is 6.49. The highest BCUT2D eigenvalue weighted by atomic mass is 35.5. The number of piperidine rings is 1. The molecule has 0 spiro atoms. The van der Waals surface area contributed by atoms with Gasteiger partial charge in [0.05, 0.1) is 4.90 Å². The van der Waals surface area contributed by atoms with Gasteiger partial charge in [-0.15, -0.1) is 12.4 Å². The standard InChI is InChI=1S/C24H38N6O4S.ClH/c1-18(2)14-21(28-35(33,34)20-9-4-3-5-10-20)24(32)30-13-7-11-22(30)23(31)26-15-19-8-6-12-29(16-19)17-27-25;/h3-5,9-10,17-19,21-22,28H,6-8,11-16,25H2,1-2H3,(H,26,31);1H/t19?,21-,22+;/m1./s1. The van der Waals surface area contributed by atoms with Crippen LogP contribution in [-0.4, -0.2) is 74.6 Å². The van der Waals surface area contributed by atoms with Gasteiger partial charge in [0.25, 0.3) is 0 Å². The minimum Gasteiger partial charge on any atom is -0.361 e. The van der Waals surface area contributed by atoms with Crippen LogP contribution >= 0.6 is 12.4 Å². The van der Waals surface area contributed by atoms with Crippen molar-refractivity contribution in [1.29, 1.82) is 0 Å². The normalized spacial score (nSPS) is 21.4. The molecule has 3 rings (SSSR count). The van der Waals surface area contributed by atoms with Crippen LogP contribution in [0.4, 0.5) is 0 Å². The van der Waals surface area contributed by atoms with Gasteiger partial charge in [-0.2, -0.15) is 9.82 Å². The van der Waals surface area contributed by atoms with Gasteiger partial charge in [0.15, 0.2) is 0 Å². The topological polar surface area (TPSA) is 137 Å². The lowest BCUT2D eigenvalue weighted by molar-refractivity contribution is -0.140. The van der Waals surface area contributed by atoms with Gasteiger partial charge in [0.2, 0.25) is 21.8 Å². The second-order valence-electron chi connectivity index (χ2n) is 9.82. The van der Waals surface area contributed by atoms with Crippen molar-refractivity contribution in [2.24, 2.45) is 22.8 Å². The Morgan fingerprint density at radius 3 is 2.53 bits per heavy atom. The Morgan fingerprint density at radius 2 is 1.86 bits per heavy atom. The van der Waals surface area contributed by atoms with E-state index in [-0.39, 0.29) is 41.0 Å². The van der Waals surface area contributed by atoms with Gasteiger partial charge >= 0.3 is 0 Å². The Bertz CT molecular complexity index is 992. The molecular weight excluding hydrogens is 504 g/mol. The van der Waals surface area contributed by atoms with Gasteiger partial charge in [0, 0.05) is 26.2 Å². The van der Waals surface area contributed by atoms with E-state index in [0.29, 0.717) is 32.4 Å². The quantitative estimate of drug-likeness (QED) is 0.177. The number of amides is 2. The fourth-order valence-corrected chi connectivity index (χ4v) is 6.08. The molecule has 0 bridgehead atoms. The van der Waals surface area contributed by atoms with E-state index in [4.69, 9.17) is 5.84 Å². The van der Waals surface area contributed by atoms with Crippen LogP contribution in [0.2, 0.25) is 0 Å². The van der Waals surface area contributed by atoms with Gasteiger partial charge in [-0.3, -0.25) is 9.59 Å². The molecule has 2 amide bonds. The molecule has 0 aromatic heterocycles. The Balaban J connectivity index is 0.00000456. The lowest BCUT2D eigenvalue weighted by atomic mass is 9.98. The molecule has 2 fully saturated rings. The first kappa shape index (κ1) is 29.9. The maximum Gasteiger partial charge on any atom is 0.242 e. The molecule has 2 saturated heterocycles. The number of nitrogens with one attached hydrogen (secondary N) is 2. The molecule has 202 valence electrons. The molecule has 36 heavy (non-hydrogen) atoms. The number of benzene rings is 1. The van der Waals surface area contributed by atoms with E-state index in [1.807, 2.05) is 18.7 Å². The Kier molecular flexibility index (Phi) is 11.4. The van der Waals surface area contributed by atoms with Crippen LogP contribution in [0.3, 0.4) is 0 Å². The molecule has 0 radical (unpaired) electrons. The lowest BCUT2D eigenvalue weighted by Gasteiger charge is -2.32. The fraction of sp³-hybridized carbons (Fsp3) is 0.625. The molecule has 1 aromatic rings. The molecule has 4 N–H and O–H groups in total. The Labute approximate surface area is 220 Å². The second kappa shape index (κ2) is 13.8. The number of nitrogens with two attached hydrogens (primary N) is 1. The van der Waals surface area contributed by atoms with E-state index in [0.717, 1.165) is 25.9 Å². The van der Waals surface area contributed by atoms with Crippen molar-refractivity contribution in [3.05, 3.63) is 30.3 Å². The zero-order chi connectivity index (χ0) is 25.4. The largest absolute Gasteiger partial charge is 0.361 e. The molecule has 3 atom stereocenters. The second-order valence-corrected chi connectivity index (χ2v) is 11.5. The van der Waals surface area contributed by atoms with Crippen molar-refractivity contribution in [2.75, 3.05) is 26.2 Å². The number of hydrogen-bond donors (Lipinski definition) is 3. The van der Waals surface area contributed by atoms with Crippen molar-refractivity contribution in [1.82, 2.24) is 19.8 Å². The molecule has 10 nitrogen and oxygen atoms in total. The van der Waals surface area contributed by atoms with Gasteiger partial charge < -0.3 is 21.0 Å². The van der Waals surface area contributed by atoms with Crippen molar-refractivity contribution in [3.63, 3.8) is 0 Å². The van der Waals surface area contributed by atoms with E-state index in [2.05, 4.69) is 15.1 Å². The number of hydrogen-bond acceptors (Lipinski definition) is 6. The Morgan fingerprint density at radius 1 is 1.17 bits per heavy atom. The number of likely N-dealkylation sites (tertiary alicyclic amines) is 2. The first-order chi connectivity index (χ1) is 16.7. The van der Waals surface area contributed by atoms with Crippen molar-refractivity contribution in [3.8, 4) is 0 Å². The van der Waals surface area contributed by atoms with Gasteiger partial charge in [-0.1, -0.05) is 32.0 Å². The third-order valence-electron chi connectivity index (χ3n) is 6.54. The smallest absolute Gasteiger partial charge is 0.242 e. The molecule has 0 aliphatic carbocycles. The first-order valence-electron chi connectivity index (χ1n) is 12.3. The van der Waals surface area contributed by atoms with Crippen LogP contribution in [-0.2, 0) is 19.6 Å². The average molecular weight is 543 g/mol. The number of carbonyl (C=O) groups excluding carboxylic acids is 2. The number of carbonyl (C=O) groups is 2. The zero-order valence-electron chi connectivity index (χ0n) is 21.0. The fourth-order valence-electron chi connectivity index (χ4n) is 4.85. The maximum atomic E-state index is 13.5. The summed E-state index contributed by atoms with van der Waals surface area (Å²) in [5.41, 5.74) is 0. The molecule has 1 aromatic carbocycles. The monoisotopic (exact) mass is 542 g/mol. The summed E-state index contributed by atoms with van der Waals surface area (Å²) < 4.78 is 28.5. The third-order valence-corrected chi connectivity index (χ3v) is 8.03. The SMILES string of the molecule is CC(C)C[C@@H](NS(=O)(=O)c1ccccc1)C(=O)N1CCC[C@H]1C(=O)NCC1CCCN(C=NN)C1.Cl. The summed E-state index contributed by atoms with van der Waals surface area (Å²) >= 11 is 0. The van der Waals surface area contributed by atoms with Crippen LogP contribution < -0.4 is 15.9 Å². The summed E-state index contributed by atoms with van der Waals surface area (Å²) in [4.78, 5) is 30.3. The highest BCUT2D eigenvalue weighted by molar-refractivity contribution is 7.89. The van der Waals surface area contributed by atoms with Crippen molar-refractivity contribution >= 4 is 40.6 Å². The maximum absolute atomic E-state index is 13.5. The van der Waals surface area contributed by atoms with Gasteiger partial charge in [-0.25, -0.2) is 8.42 Å². The van der Waals surface area contributed by atoms with E-state index >= 15 is 0 Å². The number of hydrazone groups is 1. The summed E-state index contributed by atoms with van der Waals surface area (Å²) in [6.07, 6.45) is 5.23. The Hall–Kier alpha value is -2.37. The van der Waals surface area contributed by atoms with Gasteiger partial charge in [0.1, 0.15) is 18.4 Å². The van der Waals surface area contributed by atoms with Crippen molar-refractivity contribution in [2.45, 2.75) is 62.9 Å². The first-order valence-corrected chi connectivity index (χ1v) is 13.8. The van der Waals surface area contributed by atoms with Crippen molar-refractivity contribution < 1.29 is 18.0 Å². The molecule has 12 heteroatoms. The van der Waals surface area contributed by atoms with E-state index in [9.17, 15) is 18.0 Å². The van der Waals surface area contributed by atoms with Gasteiger partial charge in [-0.05, 0) is 56.1 Å². The highest BCUT2D eigenvalue weighted by Crippen LogP contribution is 2.22. The summed E-state index contributed by atoms with van der Waals surface area (Å²) in [5, 5.41) is 6.61. The third kappa shape index (κ3) is 8.07. The van der Waals surface area contributed by atoms with E-state index in [1.54, 1.807) is 29.4 Å². The van der Waals surface area contributed by atoms with E-state index in [1.165, 1.54) is 12.1 Å². The summed E-state index contributed by atoms with van der Waals surface area (Å²) in [7, 11) is -3.87. The van der Waals surface area contributed by atoms with Crippen LogP contribution in [0, 0.1) is 11.8 Å². The molecule has 0 saturated carbocycles. The van der Waals surface area contributed by atoms with Crippen LogP contribution in [0.15, 0.2) is 40.3 Å². The minimum absolute atomic E-state index is 0.